The third-order valence-corrected chi connectivity index (χ3v) is 3.27. The van der Waals surface area contributed by atoms with Gasteiger partial charge in [-0.1, -0.05) is 12.1 Å². The highest BCUT2D eigenvalue weighted by Gasteiger charge is 2.17. The standard InChI is InChI=1S/C13H15N3/c14-11-6-2-5-10-12(7-8-15-13(10)11)16-9-3-1-4-9/h2,5-9H,1,3-4,14H2,(H,15,16). The summed E-state index contributed by atoms with van der Waals surface area (Å²) in [6, 6.07) is 8.60. The van der Waals surface area contributed by atoms with E-state index in [4.69, 9.17) is 5.73 Å². The fourth-order valence-electron chi connectivity index (χ4n) is 2.10. The van der Waals surface area contributed by atoms with Crippen molar-refractivity contribution in [3.05, 3.63) is 30.5 Å². The molecule has 16 heavy (non-hydrogen) atoms. The Morgan fingerprint density at radius 2 is 2.12 bits per heavy atom. The summed E-state index contributed by atoms with van der Waals surface area (Å²) in [4.78, 5) is 4.33. The second-order valence-electron chi connectivity index (χ2n) is 4.37. The van der Waals surface area contributed by atoms with Gasteiger partial charge in [-0.2, -0.15) is 0 Å². The van der Waals surface area contributed by atoms with Crippen molar-refractivity contribution in [3.63, 3.8) is 0 Å². The van der Waals surface area contributed by atoms with E-state index in [9.17, 15) is 0 Å². The van der Waals surface area contributed by atoms with E-state index in [1.54, 1.807) is 0 Å². The van der Waals surface area contributed by atoms with Crippen molar-refractivity contribution >= 4 is 22.3 Å². The molecule has 1 fully saturated rings. The summed E-state index contributed by atoms with van der Waals surface area (Å²) in [6.07, 6.45) is 5.70. The van der Waals surface area contributed by atoms with Gasteiger partial charge in [0.2, 0.25) is 0 Å². The Labute approximate surface area is 94.7 Å². The molecule has 2 aromatic rings. The molecule has 3 N–H and O–H groups in total. The van der Waals surface area contributed by atoms with Gasteiger partial charge in [0.25, 0.3) is 0 Å². The highest BCUT2D eigenvalue weighted by molar-refractivity contribution is 5.97. The van der Waals surface area contributed by atoms with Crippen LogP contribution in [0.25, 0.3) is 10.9 Å². The molecule has 1 aliphatic rings. The minimum absolute atomic E-state index is 0.632. The molecular formula is C13H15N3. The van der Waals surface area contributed by atoms with Gasteiger partial charge in [0.1, 0.15) is 0 Å². The first kappa shape index (κ1) is 9.46. The Bertz CT molecular complexity index is 518. The number of fused-ring (bicyclic) bond motifs is 1. The molecule has 0 radical (unpaired) electrons. The third kappa shape index (κ3) is 1.48. The molecule has 1 aromatic heterocycles. The second kappa shape index (κ2) is 3.67. The van der Waals surface area contributed by atoms with E-state index >= 15 is 0 Å². The van der Waals surface area contributed by atoms with Gasteiger partial charge in [-0.05, 0) is 31.4 Å². The van der Waals surface area contributed by atoms with E-state index in [1.807, 2.05) is 24.4 Å². The molecule has 0 bridgehead atoms. The first-order valence-corrected chi connectivity index (χ1v) is 5.74. The van der Waals surface area contributed by atoms with Crippen molar-refractivity contribution in [1.29, 1.82) is 0 Å². The van der Waals surface area contributed by atoms with Gasteiger partial charge in [-0.15, -0.1) is 0 Å². The molecule has 1 heterocycles. The fraction of sp³-hybridized carbons (Fsp3) is 0.308. The summed E-state index contributed by atoms with van der Waals surface area (Å²) >= 11 is 0. The molecule has 0 aliphatic heterocycles. The molecular weight excluding hydrogens is 198 g/mol. The first-order chi connectivity index (χ1) is 7.84. The number of pyridine rings is 1. The quantitative estimate of drug-likeness (QED) is 0.754. The van der Waals surface area contributed by atoms with Crippen molar-refractivity contribution < 1.29 is 0 Å². The maximum Gasteiger partial charge on any atom is 0.0951 e. The lowest BCUT2D eigenvalue weighted by Crippen LogP contribution is -2.27. The SMILES string of the molecule is Nc1cccc2c(NC3CCC3)ccnc12. The van der Waals surface area contributed by atoms with Crippen LogP contribution >= 0.6 is 0 Å². The van der Waals surface area contributed by atoms with Crippen LogP contribution in [0.15, 0.2) is 30.5 Å². The molecule has 3 nitrogen and oxygen atoms in total. The van der Waals surface area contributed by atoms with Gasteiger partial charge in [-0.25, -0.2) is 0 Å². The number of nitrogens with one attached hydrogen (secondary N) is 1. The highest BCUT2D eigenvalue weighted by atomic mass is 14.9. The zero-order valence-corrected chi connectivity index (χ0v) is 9.11. The largest absolute Gasteiger partial charge is 0.397 e. The molecule has 0 atom stereocenters. The minimum atomic E-state index is 0.632. The number of benzene rings is 1. The van der Waals surface area contributed by atoms with Gasteiger partial charge < -0.3 is 11.1 Å². The average molecular weight is 213 g/mol. The van der Waals surface area contributed by atoms with E-state index in [2.05, 4.69) is 16.4 Å². The van der Waals surface area contributed by atoms with Crippen LogP contribution in [0, 0.1) is 0 Å². The van der Waals surface area contributed by atoms with Crippen molar-refractivity contribution in [2.24, 2.45) is 0 Å². The molecule has 3 rings (SSSR count). The Morgan fingerprint density at radius 3 is 2.88 bits per heavy atom. The molecule has 1 aliphatic carbocycles. The molecule has 82 valence electrons. The van der Waals surface area contributed by atoms with Crippen LogP contribution in [-0.2, 0) is 0 Å². The number of hydrogen-bond acceptors (Lipinski definition) is 3. The van der Waals surface area contributed by atoms with Crippen LogP contribution < -0.4 is 11.1 Å². The van der Waals surface area contributed by atoms with Gasteiger partial charge in [0.15, 0.2) is 0 Å². The van der Waals surface area contributed by atoms with E-state index < -0.39 is 0 Å². The van der Waals surface area contributed by atoms with Crippen LogP contribution in [0.1, 0.15) is 19.3 Å². The number of nitrogens with two attached hydrogens (primary N) is 1. The number of hydrogen-bond donors (Lipinski definition) is 2. The molecule has 0 amide bonds. The number of aromatic nitrogens is 1. The molecule has 0 unspecified atom stereocenters. The lowest BCUT2D eigenvalue weighted by Gasteiger charge is -2.28. The predicted octanol–water partition coefficient (Wildman–Crippen LogP) is 2.78. The normalized spacial score (nSPS) is 16.0. The van der Waals surface area contributed by atoms with E-state index in [0.29, 0.717) is 6.04 Å². The summed E-state index contributed by atoms with van der Waals surface area (Å²) in [7, 11) is 0. The summed E-state index contributed by atoms with van der Waals surface area (Å²) in [5.74, 6) is 0. The maximum absolute atomic E-state index is 5.91. The lowest BCUT2D eigenvalue weighted by molar-refractivity contribution is 0.446. The molecule has 0 spiro atoms. The summed E-state index contributed by atoms with van der Waals surface area (Å²) in [5, 5.41) is 4.67. The first-order valence-electron chi connectivity index (χ1n) is 5.74. The van der Waals surface area contributed by atoms with Crippen LogP contribution in [0.5, 0.6) is 0 Å². The van der Waals surface area contributed by atoms with Crippen LogP contribution in [0.2, 0.25) is 0 Å². The molecule has 3 heteroatoms. The Morgan fingerprint density at radius 1 is 1.25 bits per heavy atom. The monoisotopic (exact) mass is 213 g/mol. The fourth-order valence-corrected chi connectivity index (χ4v) is 2.10. The lowest BCUT2D eigenvalue weighted by atomic mass is 9.93. The van der Waals surface area contributed by atoms with E-state index in [0.717, 1.165) is 22.3 Å². The predicted molar refractivity (Wildman–Crippen MR) is 67.4 cm³/mol. The van der Waals surface area contributed by atoms with Crippen LogP contribution in [0.3, 0.4) is 0 Å². The van der Waals surface area contributed by atoms with Crippen molar-refractivity contribution in [2.45, 2.75) is 25.3 Å². The number of para-hydroxylation sites is 1. The van der Waals surface area contributed by atoms with E-state index in [1.165, 1.54) is 19.3 Å². The minimum Gasteiger partial charge on any atom is -0.397 e. The summed E-state index contributed by atoms with van der Waals surface area (Å²) in [6.45, 7) is 0. The molecule has 1 aromatic carbocycles. The van der Waals surface area contributed by atoms with Gasteiger partial charge >= 0.3 is 0 Å². The second-order valence-corrected chi connectivity index (χ2v) is 4.37. The number of nitrogens with zero attached hydrogens (tertiary/aromatic N) is 1. The van der Waals surface area contributed by atoms with Crippen LogP contribution in [0.4, 0.5) is 11.4 Å². The Hall–Kier alpha value is -1.77. The van der Waals surface area contributed by atoms with Crippen molar-refractivity contribution in [2.75, 3.05) is 11.1 Å². The third-order valence-electron chi connectivity index (χ3n) is 3.27. The van der Waals surface area contributed by atoms with Crippen molar-refractivity contribution in [3.8, 4) is 0 Å². The van der Waals surface area contributed by atoms with Crippen molar-refractivity contribution in [1.82, 2.24) is 4.98 Å². The average Bonchev–Trinajstić information content (AvgIpc) is 2.24. The Kier molecular flexibility index (Phi) is 2.17. The zero-order chi connectivity index (χ0) is 11.0. The summed E-state index contributed by atoms with van der Waals surface area (Å²) in [5.41, 5.74) is 8.71. The van der Waals surface area contributed by atoms with Gasteiger partial charge in [0, 0.05) is 23.3 Å². The molecule has 1 saturated carbocycles. The number of rotatable bonds is 2. The summed E-state index contributed by atoms with van der Waals surface area (Å²) < 4.78 is 0. The van der Waals surface area contributed by atoms with Gasteiger partial charge in [0.05, 0.1) is 11.2 Å². The van der Waals surface area contributed by atoms with E-state index in [-0.39, 0.29) is 0 Å². The topological polar surface area (TPSA) is 50.9 Å². The van der Waals surface area contributed by atoms with Gasteiger partial charge in [-0.3, -0.25) is 4.98 Å². The zero-order valence-electron chi connectivity index (χ0n) is 9.11. The number of anilines is 2. The van der Waals surface area contributed by atoms with Crippen LogP contribution in [-0.4, -0.2) is 11.0 Å². The molecule has 0 saturated heterocycles. The Balaban J connectivity index is 2.06. The highest BCUT2D eigenvalue weighted by Crippen LogP contribution is 2.29. The smallest absolute Gasteiger partial charge is 0.0951 e. The number of nitrogen functional groups attached to an aromatic ring is 1. The maximum atomic E-state index is 5.91.